The molecule has 26 heavy (non-hydrogen) atoms. The van der Waals surface area contributed by atoms with Crippen molar-refractivity contribution >= 4 is 11.7 Å². The van der Waals surface area contributed by atoms with E-state index in [2.05, 4.69) is 4.90 Å². The Morgan fingerprint density at radius 1 is 1.00 bits per heavy atom. The van der Waals surface area contributed by atoms with Gasteiger partial charge in [-0.05, 0) is 47.9 Å². The molecule has 0 radical (unpaired) electrons. The normalized spacial score (nSPS) is 12.5. The standard InChI is InChI=1S/C20H23NO5/c1-23-17-9-13(10-18(24-2)19(17)25-3)12-21-8-7-14-11-15(20(22)26-4)5-6-16(14)21/h5-6,9-11H,7-8,12H2,1-4H3. The zero-order valence-electron chi connectivity index (χ0n) is 15.5. The van der Waals surface area contributed by atoms with E-state index in [1.54, 1.807) is 27.4 Å². The molecule has 6 nitrogen and oxygen atoms in total. The maximum absolute atomic E-state index is 11.7. The Morgan fingerprint density at radius 3 is 2.27 bits per heavy atom. The summed E-state index contributed by atoms with van der Waals surface area (Å²) in [4.78, 5) is 14.0. The number of rotatable bonds is 6. The molecule has 1 heterocycles. The highest BCUT2D eigenvalue weighted by Gasteiger charge is 2.22. The maximum atomic E-state index is 11.7. The van der Waals surface area contributed by atoms with Gasteiger partial charge in [-0.3, -0.25) is 0 Å². The average molecular weight is 357 g/mol. The van der Waals surface area contributed by atoms with Gasteiger partial charge in [-0.2, -0.15) is 0 Å². The van der Waals surface area contributed by atoms with Crippen molar-refractivity contribution in [3.05, 3.63) is 47.0 Å². The van der Waals surface area contributed by atoms with Crippen molar-refractivity contribution in [1.29, 1.82) is 0 Å². The molecule has 3 rings (SSSR count). The summed E-state index contributed by atoms with van der Waals surface area (Å²) in [6, 6.07) is 9.62. The first kappa shape index (κ1) is 17.9. The van der Waals surface area contributed by atoms with Gasteiger partial charge in [-0.25, -0.2) is 4.79 Å². The molecule has 1 aliphatic rings. The molecule has 2 aromatic carbocycles. The second kappa shape index (κ2) is 7.56. The van der Waals surface area contributed by atoms with Gasteiger partial charge < -0.3 is 23.8 Å². The van der Waals surface area contributed by atoms with Crippen molar-refractivity contribution in [2.24, 2.45) is 0 Å². The Bertz CT molecular complexity index is 793. The topological polar surface area (TPSA) is 57.2 Å². The zero-order chi connectivity index (χ0) is 18.7. The van der Waals surface area contributed by atoms with E-state index in [0.29, 0.717) is 29.4 Å². The van der Waals surface area contributed by atoms with E-state index in [1.165, 1.54) is 7.11 Å². The summed E-state index contributed by atoms with van der Waals surface area (Å²) in [5.74, 6) is 1.56. The molecule has 1 aliphatic heterocycles. The van der Waals surface area contributed by atoms with Crippen LogP contribution < -0.4 is 19.1 Å². The first-order valence-electron chi connectivity index (χ1n) is 8.36. The second-order valence-electron chi connectivity index (χ2n) is 6.04. The molecular formula is C20H23NO5. The van der Waals surface area contributed by atoms with Gasteiger partial charge in [0.15, 0.2) is 11.5 Å². The van der Waals surface area contributed by atoms with Gasteiger partial charge in [0.1, 0.15) is 0 Å². The number of nitrogens with zero attached hydrogens (tertiary/aromatic N) is 1. The van der Waals surface area contributed by atoms with Crippen molar-refractivity contribution < 1.29 is 23.7 Å². The van der Waals surface area contributed by atoms with E-state index in [4.69, 9.17) is 18.9 Å². The van der Waals surface area contributed by atoms with Crippen LogP contribution in [0.1, 0.15) is 21.5 Å². The lowest BCUT2D eigenvalue weighted by atomic mass is 10.1. The van der Waals surface area contributed by atoms with E-state index in [1.807, 2.05) is 24.3 Å². The predicted octanol–water partition coefficient (Wildman–Crippen LogP) is 3.06. The molecular weight excluding hydrogens is 334 g/mol. The summed E-state index contributed by atoms with van der Waals surface area (Å²) >= 11 is 0. The zero-order valence-corrected chi connectivity index (χ0v) is 15.5. The highest BCUT2D eigenvalue weighted by Crippen LogP contribution is 2.39. The summed E-state index contributed by atoms with van der Waals surface area (Å²) in [5.41, 5.74) is 3.93. The van der Waals surface area contributed by atoms with E-state index in [9.17, 15) is 4.79 Å². The molecule has 0 saturated carbocycles. The first-order chi connectivity index (χ1) is 12.6. The molecule has 0 bridgehead atoms. The Hall–Kier alpha value is -2.89. The van der Waals surface area contributed by atoms with Gasteiger partial charge in [0, 0.05) is 18.8 Å². The van der Waals surface area contributed by atoms with Crippen molar-refractivity contribution in [3.8, 4) is 17.2 Å². The SMILES string of the molecule is COC(=O)c1ccc2c(c1)CCN2Cc1cc(OC)c(OC)c(OC)c1. The van der Waals surface area contributed by atoms with Crippen LogP contribution in [-0.2, 0) is 17.7 Å². The molecule has 0 aromatic heterocycles. The van der Waals surface area contributed by atoms with Crippen LogP contribution in [0.15, 0.2) is 30.3 Å². The number of hydrogen-bond donors (Lipinski definition) is 0. The van der Waals surface area contributed by atoms with Crippen molar-refractivity contribution in [2.75, 3.05) is 39.9 Å². The van der Waals surface area contributed by atoms with Crippen LogP contribution in [0.25, 0.3) is 0 Å². The lowest BCUT2D eigenvalue weighted by molar-refractivity contribution is 0.0600. The minimum atomic E-state index is -0.309. The van der Waals surface area contributed by atoms with E-state index < -0.39 is 0 Å². The predicted molar refractivity (Wildman–Crippen MR) is 98.6 cm³/mol. The summed E-state index contributed by atoms with van der Waals surface area (Å²) in [6.07, 6.45) is 0.893. The summed E-state index contributed by atoms with van der Waals surface area (Å²) in [7, 11) is 6.21. The summed E-state index contributed by atoms with van der Waals surface area (Å²) in [5, 5.41) is 0. The largest absolute Gasteiger partial charge is 0.493 e. The number of anilines is 1. The molecule has 0 spiro atoms. The number of hydrogen-bond acceptors (Lipinski definition) is 6. The van der Waals surface area contributed by atoms with Crippen LogP contribution in [0.2, 0.25) is 0 Å². The quantitative estimate of drug-likeness (QED) is 0.741. The Balaban J connectivity index is 1.87. The van der Waals surface area contributed by atoms with Crippen LogP contribution >= 0.6 is 0 Å². The molecule has 6 heteroatoms. The van der Waals surface area contributed by atoms with Crippen LogP contribution in [-0.4, -0.2) is 41.0 Å². The van der Waals surface area contributed by atoms with Gasteiger partial charge in [-0.15, -0.1) is 0 Å². The summed E-state index contributed by atoms with van der Waals surface area (Å²) < 4.78 is 21.0. The molecule has 0 unspecified atom stereocenters. The van der Waals surface area contributed by atoms with Gasteiger partial charge in [0.05, 0.1) is 34.0 Å². The fourth-order valence-corrected chi connectivity index (χ4v) is 3.33. The molecule has 138 valence electrons. The third-order valence-corrected chi connectivity index (χ3v) is 4.59. The fraction of sp³-hybridized carbons (Fsp3) is 0.350. The van der Waals surface area contributed by atoms with Crippen molar-refractivity contribution in [3.63, 3.8) is 0 Å². The Kier molecular flexibility index (Phi) is 5.21. The molecule has 0 aliphatic carbocycles. The van der Waals surface area contributed by atoms with Gasteiger partial charge in [-0.1, -0.05) is 0 Å². The van der Waals surface area contributed by atoms with Crippen LogP contribution in [0.5, 0.6) is 17.2 Å². The van der Waals surface area contributed by atoms with Crippen LogP contribution in [0.3, 0.4) is 0 Å². The fourth-order valence-electron chi connectivity index (χ4n) is 3.33. The Morgan fingerprint density at radius 2 is 1.69 bits per heavy atom. The number of fused-ring (bicyclic) bond motifs is 1. The molecule has 0 saturated heterocycles. The minimum absolute atomic E-state index is 0.309. The molecule has 0 fully saturated rings. The van der Waals surface area contributed by atoms with Crippen molar-refractivity contribution in [2.45, 2.75) is 13.0 Å². The number of carbonyl (C=O) groups is 1. The van der Waals surface area contributed by atoms with E-state index in [-0.39, 0.29) is 5.97 Å². The second-order valence-corrected chi connectivity index (χ2v) is 6.04. The number of benzene rings is 2. The summed E-state index contributed by atoms with van der Waals surface area (Å²) in [6.45, 7) is 1.60. The highest BCUT2D eigenvalue weighted by atomic mass is 16.5. The van der Waals surface area contributed by atoms with Gasteiger partial charge in [0.25, 0.3) is 0 Å². The van der Waals surface area contributed by atoms with Gasteiger partial charge >= 0.3 is 5.97 Å². The lowest BCUT2D eigenvalue weighted by Gasteiger charge is -2.21. The van der Waals surface area contributed by atoms with E-state index in [0.717, 1.165) is 29.8 Å². The van der Waals surface area contributed by atoms with Crippen molar-refractivity contribution in [1.82, 2.24) is 0 Å². The highest BCUT2D eigenvalue weighted by molar-refractivity contribution is 5.90. The van der Waals surface area contributed by atoms with Crippen LogP contribution in [0, 0.1) is 0 Å². The third-order valence-electron chi connectivity index (χ3n) is 4.59. The Labute approximate surface area is 153 Å². The third kappa shape index (κ3) is 3.27. The monoisotopic (exact) mass is 357 g/mol. The van der Waals surface area contributed by atoms with Crippen LogP contribution in [0.4, 0.5) is 5.69 Å². The number of methoxy groups -OCH3 is 4. The van der Waals surface area contributed by atoms with Gasteiger partial charge in [0.2, 0.25) is 5.75 Å². The average Bonchev–Trinajstić information content (AvgIpc) is 3.08. The number of ether oxygens (including phenoxy) is 4. The molecule has 0 N–H and O–H groups in total. The first-order valence-corrected chi connectivity index (χ1v) is 8.36. The minimum Gasteiger partial charge on any atom is -0.493 e. The molecule has 2 aromatic rings. The molecule has 0 atom stereocenters. The lowest BCUT2D eigenvalue weighted by Crippen LogP contribution is -2.19. The maximum Gasteiger partial charge on any atom is 0.337 e. The smallest absolute Gasteiger partial charge is 0.337 e. The molecule has 0 amide bonds. The number of carbonyl (C=O) groups excluding carboxylic acids is 1. The number of esters is 1. The van der Waals surface area contributed by atoms with E-state index >= 15 is 0 Å².